The standard InChI is InChI=1S/C29H31N3O2S/c1-19-10-11-20(2)27-26(19)16-24(28(33)31-27)18-32(17-22-12-14-25(34-4)15-13-22)29(35)30-21(3)23-8-6-5-7-9-23/h5-16,21H,17-18H2,1-4H3,(H,30,35)(H,31,33)/t21-/m1/s1. The van der Waals surface area contributed by atoms with Gasteiger partial charge < -0.3 is 19.9 Å². The van der Waals surface area contributed by atoms with E-state index in [0.29, 0.717) is 23.8 Å². The largest absolute Gasteiger partial charge is 0.497 e. The molecule has 0 bridgehead atoms. The molecule has 35 heavy (non-hydrogen) atoms. The van der Waals surface area contributed by atoms with Gasteiger partial charge in [0.2, 0.25) is 0 Å². The van der Waals surface area contributed by atoms with E-state index < -0.39 is 0 Å². The molecule has 0 fully saturated rings. The molecular formula is C29H31N3O2S. The Morgan fingerprint density at radius 2 is 1.69 bits per heavy atom. The van der Waals surface area contributed by atoms with Gasteiger partial charge in [-0.1, -0.05) is 54.6 Å². The Hall–Kier alpha value is -3.64. The number of benzene rings is 3. The lowest BCUT2D eigenvalue weighted by atomic mass is 10.0. The monoisotopic (exact) mass is 485 g/mol. The molecule has 0 aliphatic carbocycles. The van der Waals surface area contributed by atoms with Crippen LogP contribution in [0.2, 0.25) is 0 Å². The zero-order valence-electron chi connectivity index (χ0n) is 20.6. The van der Waals surface area contributed by atoms with Crippen LogP contribution in [0.1, 0.15) is 40.8 Å². The van der Waals surface area contributed by atoms with Crippen molar-refractivity contribution in [3.8, 4) is 5.75 Å². The number of aromatic amines is 1. The molecular weight excluding hydrogens is 454 g/mol. The summed E-state index contributed by atoms with van der Waals surface area (Å²) in [6.07, 6.45) is 0. The van der Waals surface area contributed by atoms with Crippen LogP contribution in [0, 0.1) is 13.8 Å². The van der Waals surface area contributed by atoms with Gasteiger partial charge in [-0.2, -0.15) is 0 Å². The van der Waals surface area contributed by atoms with Crippen LogP contribution in [-0.2, 0) is 13.1 Å². The minimum Gasteiger partial charge on any atom is -0.497 e. The third kappa shape index (κ3) is 5.72. The number of nitrogens with zero attached hydrogens (tertiary/aromatic N) is 1. The number of thiocarbonyl (C=S) groups is 1. The molecule has 2 N–H and O–H groups in total. The smallest absolute Gasteiger partial charge is 0.253 e. The minimum atomic E-state index is -0.0927. The zero-order valence-corrected chi connectivity index (χ0v) is 21.4. The number of pyridine rings is 1. The molecule has 1 aromatic heterocycles. The fourth-order valence-electron chi connectivity index (χ4n) is 4.19. The van der Waals surface area contributed by atoms with Crippen LogP contribution in [0.15, 0.2) is 77.6 Å². The van der Waals surface area contributed by atoms with Crippen molar-refractivity contribution < 1.29 is 4.74 Å². The zero-order chi connectivity index (χ0) is 24.9. The third-order valence-electron chi connectivity index (χ3n) is 6.34. The molecule has 180 valence electrons. The summed E-state index contributed by atoms with van der Waals surface area (Å²) in [6, 6.07) is 24.3. The fraction of sp³-hybridized carbons (Fsp3) is 0.241. The fourth-order valence-corrected chi connectivity index (χ4v) is 4.50. The number of aryl methyl sites for hydroxylation is 2. The lowest BCUT2D eigenvalue weighted by molar-refractivity contribution is 0.390. The van der Waals surface area contributed by atoms with Crippen LogP contribution < -0.4 is 15.6 Å². The van der Waals surface area contributed by atoms with Gasteiger partial charge in [0, 0.05) is 17.5 Å². The number of nitrogens with one attached hydrogen (secondary N) is 2. The Morgan fingerprint density at radius 1 is 1.00 bits per heavy atom. The molecule has 5 nitrogen and oxygen atoms in total. The molecule has 0 amide bonds. The number of hydrogen-bond acceptors (Lipinski definition) is 3. The summed E-state index contributed by atoms with van der Waals surface area (Å²) < 4.78 is 5.30. The quantitative estimate of drug-likeness (QED) is 0.325. The normalized spacial score (nSPS) is 11.8. The number of aromatic nitrogens is 1. The Kier molecular flexibility index (Phi) is 7.51. The lowest BCUT2D eigenvalue weighted by Gasteiger charge is -2.28. The number of ether oxygens (including phenoxy) is 1. The molecule has 0 radical (unpaired) electrons. The predicted molar refractivity (Wildman–Crippen MR) is 147 cm³/mol. The van der Waals surface area contributed by atoms with Crippen molar-refractivity contribution >= 4 is 28.2 Å². The molecule has 0 spiro atoms. The highest BCUT2D eigenvalue weighted by molar-refractivity contribution is 7.80. The van der Waals surface area contributed by atoms with Crippen molar-refractivity contribution in [1.29, 1.82) is 0 Å². The van der Waals surface area contributed by atoms with E-state index in [0.717, 1.165) is 38.9 Å². The molecule has 0 saturated heterocycles. The van der Waals surface area contributed by atoms with E-state index in [9.17, 15) is 4.79 Å². The first kappa shape index (κ1) is 24.5. The summed E-state index contributed by atoms with van der Waals surface area (Å²) in [5.41, 5.74) is 5.88. The number of H-pyrrole nitrogens is 1. The summed E-state index contributed by atoms with van der Waals surface area (Å²) in [6.45, 7) is 7.10. The highest BCUT2D eigenvalue weighted by atomic mass is 32.1. The SMILES string of the molecule is COc1ccc(CN(Cc2cc3c(C)ccc(C)c3[nH]c2=O)C(=S)N[C@H](C)c2ccccc2)cc1. The second-order valence-corrected chi connectivity index (χ2v) is 9.28. The van der Waals surface area contributed by atoms with Gasteiger partial charge in [0.1, 0.15) is 5.75 Å². The van der Waals surface area contributed by atoms with Gasteiger partial charge in [-0.05, 0) is 73.4 Å². The summed E-state index contributed by atoms with van der Waals surface area (Å²) in [7, 11) is 1.65. The summed E-state index contributed by atoms with van der Waals surface area (Å²) in [5, 5.41) is 5.11. The van der Waals surface area contributed by atoms with E-state index in [4.69, 9.17) is 17.0 Å². The Labute approximate surface area is 211 Å². The number of hydrogen-bond donors (Lipinski definition) is 2. The van der Waals surface area contributed by atoms with Crippen LogP contribution in [0.3, 0.4) is 0 Å². The van der Waals surface area contributed by atoms with Crippen LogP contribution in [0.4, 0.5) is 0 Å². The second kappa shape index (κ2) is 10.7. The van der Waals surface area contributed by atoms with Crippen molar-refractivity contribution in [2.45, 2.75) is 39.9 Å². The molecule has 1 heterocycles. The molecule has 3 aromatic carbocycles. The highest BCUT2D eigenvalue weighted by Gasteiger charge is 2.17. The first-order valence-electron chi connectivity index (χ1n) is 11.7. The number of fused-ring (bicyclic) bond motifs is 1. The minimum absolute atomic E-state index is 0.0295. The molecule has 4 aromatic rings. The van der Waals surface area contributed by atoms with Gasteiger partial charge in [0.25, 0.3) is 5.56 Å². The van der Waals surface area contributed by atoms with Gasteiger partial charge in [0.15, 0.2) is 5.11 Å². The van der Waals surface area contributed by atoms with Crippen molar-refractivity contribution in [2.24, 2.45) is 0 Å². The summed E-state index contributed by atoms with van der Waals surface area (Å²) >= 11 is 5.86. The maximum absolute atomic E-state index is 13.1. The van der Waals surface area contributed by atoms with Crippen LogP contribution in [-0.4, -0.2) is 22.1 Å². The molecule has 0 saturated carbocycles. The van der Waals surface area contributed by atoms with E-state index in [1.165, 1.54) is 0 Å². The van der Waals surface area contributed by atoms with Gasteiger partial charge >= 0.3 is 0 Å². The topological polar surface area (TPSA) is 57.4 Å². The molecule has 4 rings (SSSR count). The van der Waals surface area contributed by atoms with E-state index >= 15 is 0 Å². The molecule has 0 aliphatic heterocycles. The lowest BCUT2D eigenvalue weighted by Crippen LogP contribution is -2.41. The van der Waals surface area contributed by atoms with Crippen molar-refractivity contribution in [2.75, 3.05) is 7.11 Å². The van der Waals surface area contributed by atoms with E-state index in [1.54, 1.807) is 7.11 Å². The summed E-state index contributed by atoms with van der Waals surface area (Å²) in [5.74, 6) is 0.801. The van der Waals surface area contributed by atoms with Crippen molar-refractivity contribution in [3.63, 3.8) is 0 Å². The first-order chi connectivity index (χ1) is 16.9. The number of methoxy groups -OCH3 is 1. The van der Waals surface area contributed by atoms with Gasteiger partial charge in [-0.15, -0.1) is 0 Å². The first-order valence-corrected chi connectivity index (χ1v) is 12.1. The highest BCUT2D eigenvalue weighted by Crippen LogP contribution is 2.21. The van der Waals surface area contributed by atoms with Crippen LogP contribution in [0.25, 0.3) is 10.9 Å². The molecule has 0 unspecified atom stereocenters. The average Bonchev–Trinajstić information content (AvgIpc) is 2.87. The van der Waals surface area contributed by atoms with E-state index in [1.807, 2.05) is 66.4 Å². The molecule has 1 atom stereocenters. The van der Waals surface area contributed by atoms with Crippen LogP contribution >= 0.6 is 12.2 Å². The maximum atomic E-state index is 13.1. The van der Waals surface area contributed by atoms with Gasteiger partial charge in [0.05, 0.1) is 25.2 Å². The maximum Gasteiger partial charge on any atom is 0.253 e. The predicted octanol–water partition coefficient (Wildman–Crippen LogP) is 5.79. The van der Waals surface area contributed by atoms with Crippen molar-refractivity contribution in [1.82, 2.24) is 15.2 Å². The van der Waals surface area contributed by atoms with Crippen LogP contribution in [0.5, 0.6) is 5.75 Å². The van der Waals surface area contributed by atoms with Gasteiger partial charge in [-0.25, -0.2) is 0 Å². The average molecular weight is 486 g/mol. The Balaban J connectivity index is 1.65. The Bertz CT molecular complexity index is 1380. The van der Waals surface area contributed by atoms with Crippen molar-refractivity contribution in [3.05, 3.63) is 111 Å². The molecule has 0 aliphatic rings. The van der Waals surface area contributed by atoms with E-state index in [2.05, 4.69) is 42.3 Å². The summed E-state index contributed by atoms with van der Waals surface area (Å²) in [4.78, 5) is 18.2. The van der Waals surface area contributed by atoms with Gasteiger partial charge in [-0.3, -0.25) is 4.79 Å². The second-order valence-electron chi connectivity index (χ2n) is 8.90. The third-order valence-corrected chi connectivity index (χ3v) is 6.72. The molecule has 6 heteroatoms. The number of rotatable bonds is 7. The van der Waals surface area contributed by atoms with E-state index in [-0.39, 0.29) is 11.6 Å². The Morgan fingerprint density at radius 3 is 2.37 bits per heavy atom.